The predicted octanol–water partition coefficient (Wildman–Crippen LogP) is 1.27. The normalized spacial score (nSPS) is 11.8. The van der Waals surface area contributed by atoms with Crippen molar-refractivity contribution < 1.29 is 8.42 Å². The van der Waals surface area contributed by atoms with Gasteiger partial charge in [-0.3, -0.25) is 4.68 Å². The first kappa shape index (κ1) is 16.0. The minimum atomic E-state index is -3.61. The van der Waals surface area contributed by atoms with Crippen molar-refractivity contribution in [2.45, 2.75) is 18.0 Å². The van der Waals surface area contributed by atoms with Crippen LogP contribution < -0.4 is 10.0 Å². The monoisotopic (exact) mass is 328 g/mol. The summed E-state index contributed by atoms with van der Waals surface area (Å²) in [6.07, 6.45) is 1.76. The zero-order valence-electron chi connectivity index (χ0n) is 11.8. The first-order valence-corrected chi connectivity index (χ1v) is 8.19. The van der Waals surface area contributed by atoms with Gasteiger partial charge in [-0.05, 0) is 30.8 Å². The summed E-state index contributed by atoms with van der Waals surface area (Å²) < 4.78 is 28.6. The Balaban J connectivity index is 2.13. The van der Waals surface area contributed by atoms with Gasteiger partial charge in [-0.25, -0.2) is 13.1 Å². The number of hydrogen-bond acceptors (Lipinski definition) is 4. The van der Waals surface area contributed by atoms with Crippen molar-refractivity contribution in [1.82, 2.24) is 19.8 Å². The molecule has 1 heterocycles. The number of halogens is 1. The summed E-state index contributed by atoms with van der Waals surface area (Å²) in [7, 11) is -0.0305. The van der Waals surface area contributed by atoms with Crippen LogP contribution in [0.2, 0.25) is 5.02 Å². The van der Waals surface area contributed by atoms with E-state index in [1.807, 2.05) is 0 Å². The van der Waals surface area contributed by atoms with E-state index in [-0.39, 0.29) is 11.4 Å². The highest BCUT2D eigenvalue weighted by Crippen LogP contribution is 2.20. The van der Waals surface area contributed by atoms with Crippen molar-refractivity contribution in [2.24, 2.45) is 7.05 Å². The topological polar surface area (TPSA) is 76.0 Å². The molecule has 2 rings (SSSR count). The molecule has 1 aromatic carbocycles. The SMILES string of the molecule is CNCc1ccc(S(=O)(=O)NCc2ccn(C)n2)cc1Cl. The van der Waals surface area contributed by atoms with Crippen LogP contribution in [0.15, 0.2) is 35.4 Å². The molecule has 0 spiro atoms. The molecular weight excluding hydrogens is 312 g/mol. The van der Waals surface area contributed by atoms with Crippen molar-refractivity contribution in [3.63, 3.8) is 0 Å². The fraction of sp³-hybridized carbons (Fsp3) is 0.308. The van der Waals surface area contributed by atoms with E-state index in [0.717, 1.165) is 5.56 Å². The van der Waals surface area contributed by atoms with Crippen LogP contribution in [0, 0.1) is 0 Å². The highest BCUT2D eigenvalue weighted by atomic mass is 35.5. The average Bonchev–Trinajstić information content (AvgIpc) is 2.85. The van der Waals surface area contributed by atoms with E-state index in [9.17, 15) is 8.42 Å². The molecule has 21 heavy (non-hydrogen) atoms. The molecule has 0 saturated heterocycles. The molecule has 8 heteroatoms. The number of nitrogens with zero attached hydrogens (tertiary/aromatic N) is 2. The summed E-state index contributed by atoms with van der Waals surface area (Å²) in [6.45, 7) is 0.722. The van der Waals surface area contributed by atoms with Crippen molar-refractivity contribution in [1.29, 1.82) is 0 Å². The lowest BCUT2D eigenvalue weighted by molar-refractivity contribution is 0.579. The van der Waals surface area contributed by atoms with Gasteiger partial charge in [-0.1, -0.05) is 17.7 Å². The maximum atomic E-state index is 12.2. The lowest BCUT2D eigenvalue weighted by Gasteiger charge is -2.08. The number of nitrogens with one attached hydrogen (secondary N) is 2. The Hall–Kier alpha value is -1.41. The van der Waals surface area contributed by atoms with E-state index in [1.54, 1.807) is 43.2 Å². The molecule has 0 aliphatic rings. The lowest BCUT2D eigenvalue weighted by Crippen LogP contribution is -2.23. The molecule has 1 aromatic heterocycles. The van der Waals surface area contributed by atoms with Crippen LogP contribution in [0.25, 0.3) is 0 Å². The second-order valence-corrected chi connectivity index (χ2v) is 6.76. The van der Waals surface area contributed by atoms with Gasteiger partial charge in [0.25, 0.3) is 0 Å². The highest BCUT2D eigenvalue weighted by molar-refractivity contribution is 7.89. The Morgan fingerprint density at radius 1 is 1.29 bits per heavy atom. The molecule has 2 aromatic rings. The summed E-state index contributed by atoms with van der Waals surface area (Å²) in [4.78, 5) is 0.142. The van der Waals surface area contributed by atoms with E-state index >= 15 is 0 Å². The van der Waals surface area contributed by atoms with Crippen molar-refractivity contribution in [3.05, 3.63) is 46.7 Å². The van der Waals surface area contributed by atoms with E-state index in [2.05, 4.69) is 15.1 Å². The summed E-state index contributed by atoms with van der Waals surface area (Å²) in [5, 5.41) is 7.51. The van der Waals surface area contributed by atoms with Crippen molar-refractivity contribution in [3.8, 4) is 0 Å². The molecule has 0 saturated carbocycles. The Bertz CT molecular complexity index is 728. The van der Waals surface area contributed by atoms with Gasteiger partial charge in [-0.15, -0.1) is 0 Å². The van der Waals surface area contributed by atoms with Gasteiger partial charge < -0.3 is 5.32 Å². The maximum absolute atomic E-state index is 12.2. The van der Waals surface area contributed by atoms with Crippen molar-refractivity contribution >= 4 is 21.6 Å². The number of rotatable bonds is 6. The van der Waals surface area contributed by atoms with Crippen molar-refractivity contribution in [2.75, 3.05) is 7.05 Å². The molecule has 2 N–H and O–H groups in total. The summed E-state index contributed by atoms with van der Waals surface area (Å²) in [6, 6.07) is 6.45. The number of benzene rings is 1. The third-order valence-electron chi connectivity index (χ3n) is 2.91. The van der Waals surface area contributed by atoms with Crippen LogP contribution in [0.1, 0.15) is 11.3 Å². The van der Waals surface area contributed by atoms with Crippen LogP contribution in [0.3, 0.4) is 0 Å². The third-order valence-corrected chi connectivity index (χ3v) is 4.66. The van der Waals surface area contributed by atoms with Gasteiger partial charge in [0, 0.05) is 24.8 Å². The molecule has 0 aliphatic carbocycles. The van der Waals surface area contributed by atoms with Gasteiger partial charge in [0.05, 0.1) is 17.1 Å². The molecule has 0 aliphatic heterocycles. The Morgan fingerprint density at radius 3 is 2.62 bits per heavy atom. The molecule has 0 fully saturated rings. The van der Waals surface area contributed by atoms with Gasteiger partial charge in [0.2, 0.25) is 10.0 Å². The standard InChI is InChI=1S/C13H17ClN4O2S/c1-15-8-10-3-4-12(7-13(10)14)21(19,20)16-9-11-5-6-18(2)17-11/h3-7,15-16H,8-9H2,1-2H3. The summed E-state index contributed by atoms with van der Waals surface area (Å²) in [5.74, 6) is 0. The van der Waals surface area contributed by atoms with Crippen LogP contribution in [-0.4, -0.2) is 25.2 Å². The lowest BCUT2D eigenvalue weighted by atomic mass is 10.2. The molecule has 0 atom stereocenters. The van der Waals surface area contributed by atoms with Gasteiger partial charge >= 0.3 is 0 Å². The fourth-order valence-corrected chi connectivity index (χ4v) is 3.18. The molecule has 114 valence electrons. The second kappa shape index (κ2) is 6.57. The second-order valence-electron chi connectivity index (χ2n) is 4.59. The number of sulfonamides is 1. The zero-order chi connectivity index (χ0) is 15.5. The summed E-state index contributed by atoms with van der Waals surface area (Å²) in [5.41, 5.74) is 1.50. The average molecular weight is 329 g/mol. The van der Waals surface area contributed by atoms with Crippen LogP contribution >= 0.6 is 11.6 Å². The number of aryl methyl sites for hydroxylation is 1. The third kappa shape index (κ3) is 4.04. The number of hydrogen-bond donors (Lipinski definition) is 2. The molecule has 6 nitrogen and oxygen atoms in total. The fourth-order valence-electron chi connectivity index (χ4n) is 1.84. The minimum Gasteiger partial charge on any atom is -0.316 e. The zero-order valence-corrected chi connectivity index (χ0v) is 13.4. The molecule has 0 amide bonds. The Labute approximate surface area is 129 Å². The van der Waals surface area contributed by atoms with E-state index < -0.39 is 10.0 Å². The van der Waals surface area contributed by atoms with Gasteiger partial charge in [-0.2, -0.15) is 5.10 Å². The smallest absolute Gasteiger partial charge is 0.240 e. The number of aromatic nitrogens is 2. The van der Waals surface area contributed by atoms with Crippen LogP contribution in [0.5, 0.6) is 0 Å². The Morgan fingerprint density at radius 2 is 2.05 bits per heavy atom. The maximum Gasteiger partial charge on any atom is 0.240 e. The van der Waals surface area contributed by atoms with E-state index in [0.29, 0.717) is 17.3 Å². The first-order chi connectivity index (χ1) is 9.92. The predicted molar refractivity (Wildman–Crippen MR) is 81.4 cm³/mol. The molecular formula is C13H17ClN4O2S. The highest BCUT2D eigenvalue weighted by Gasteiger charge is 2.15. The Kier molecular flexibility index (Phi) is 5.00. The molecule has 0 bridgehead atoms. The molecule has 0 radical (unpaired) electrons. The minimum absolute atomic E-state index is 0.138. The van der Waals surface area contributed by atoms with Crippen LogP contribution in [0.4, 0.5) is 0 Å². The van der Waals surface area contributed by atoms with Gasteiger partial charge in [0.15, 0.2) is 0 Å². The quantitative estimate of drug-likeness (QED) is 0.837. The summed E-state index contributed by atoms with van der Waals surface area (Å²) >= 11 is 6.09. The first-order valence-electron chi connectivity index (χ1n) is 6.33. The van der Waals surface area contributed by atoms with Gasteiger partial charge in [0.1, 0.15) is 0 Å². The van der Waals surface area contributed by atoms with E-state index in [1.165, 1.54) is 6.07 Å². The van der Waals surface area contributed by atoms with E-state index in [4.69, 9.17) is 11.6 Å². The van der Waals surface area contributed by atoms with Crippen LogP contribution in [-0.2, 0) is 30.2 Å². The largest absolute Gasteiger partial charge is 0.316 e. The molecule has 0 unspecified atom stereocenters.